The normalized spacial score (nSPS) is 25.0. The summed E-state index contributed by atoms with van der Waals surface area (Å²) in [6.07, 6.45) is 4.11. The zero-order valence-corrected chi connectivity index (χ0v) is 8.01. The maximum Gasteiger partial charge on any atom is 0.0421 e. The van der Waals surface area contributed by atoms with Crippen molar-refractivity contribution in [2.75, 3.05) is 5.32 Å². The van der Waals surface area contributed by atoms with Crippen LogP contribution in [0.4, 0.5) is 5.69 Å². The van der Waals surface area contributed by atoms with Crippen molar-refractivity contribution in [3.63, 3.8) is 0 Å². The van der Waals surface area contributed by atoms with Gasteiger partial charge in [0.05, 0.1) is 0 Å². The lowest BCUT2D eigenvalue weighted by molar-refractivity contribution is 0.542. The predicted molar refractivity (Wildman–Crippen MR) is 57.0 cm³/mol. The Balaban J connectivity index is 2.26. The molecule has 2 rings (SSSR count). The van der Waals surface area contributed by atoms with Crippen molar-refractivity contribution in [1.82, 2.24) is 0 Å². The maximum atomic E-state index is 3.79. The third kappa shape index (κ3) is 1.46. The van der Waals surface area contributed by atoms with Gasteiger partial charge in [0, 0.05) is 11.2 Å². The van der Waals surface area contributed by atoms with Crippen LogP contribution in [0.1, 0.15) is 18.9 Å². The first-order chi connectivity index (χ1) is 6.23. The molecule has 1 heterocycles. The number of benzene rings is 1. The van der Waals surface area contributed by atoms with E-state index in [9.17, 15) is 0 Å². The van der Waals surface area contributed by atoms with Gasteiger partial charge in [0.1, 0.15) is 0 Å². The van der Waals surface area contributed by atoms with Crippen LogP contribution < -0.4 is 5.32 Å². The lowest BCUT2D eigenvalue weighted by Gasteiger charge is -2.23. The van der Waals surface area contributed by atoms with Gasteiger partial charge in [-0.15, -0.1) is 6.58 Å². The fourth-order valence-corrected chi connectivity index (χ4v) is 2.03. The molecule has 1 nitrogen and oxygen atoms in total. The lowest BCUT2D eigenvalue weighted by atomic mass is 9.94. The van der Waals surface area contributed by atoms with Crippen LogP contribution in [0.3, 0.4) is 0 Å². The van der Waals surface area contributed by atoms with E-state index < -0.39 is 0 Å². The molecule has 1 aromatic rings. The molecule has 1 atom stereocenters. The molecule has 68 valence electrons. The van der Waals surface area contributed by atoms with E-state index in [4.69, 9.17) is 0 Å². The van der Waals surface area contributed by atoms with Gasteiger partial charge in [-0.1, -0.05) is 24.3 Å². The van der Waals surface area contributed by atoms with Crippen molar-refractivity contribution in [2.45, 2.75) is 25.3 Å². The van der Waals surface area contributed by atoms with Gasteiger partial charge in [-0.2, -0.15) is 0 Å². The highest BCUT2D eigenvalue weighted by Crippen LogP contribution is 2.33. The van der Waals surface area contributed by atoms with Crippen molar-refractivity contribution in [3.8, 4) is 0 Å². The molecule has 0 aliphatic carbocycles. The van der Waals surface area contributed by atoms with Gasteiger partial charge in [0.2, 0.25) is 0 Å². The average Bonchev–Trinajstić information content (AvgIpc) is 2.40. The molecule has 1 aliphatic heterocycles. The molecule has 0 fully saturated rings. The summed E-state index contributed by atoms with van der Waals surface area (Å²) in [5, 5.41) is 3.54. The number of para-hydroxylation sites is 1. The summed E-state index contributed by atoms with van der Waals surface area (Å²) >= 11 is 0. The van der Waals surface area contributed by atoms with Crippen LogP contribution in [-0.4, -0.2) is 5.54 Å². The molecule has 1 heteroatoms. The van der Waals surface area contributed by atoms with Gasteiger partial charge >= 0.3 is 0 Å². The fraction of sp³-hybridized carbons (Fsp3) is 0.333. The minimum atomic E-state index is 0.186. The van der Waals surface area contributed by atoms with Crippen LogP contribution in [-0.2, 0) is 6.42 Å². The first-order valence-electron chi connectivity index (χ1n) is 4.70. The standard InChI is InChI=1S/C12H15N/c1-3-8-12(2)9-10-6-4-5-7-11(10)13-12/h3-7,13H,1,8-9H2,2H3/t12-/m1/s1. The first-order valence-corrected chi connectivity index (χ1v) is 4.70. The van der Waals surface area contributed by atoms with Gasteiger partial charge in [0.25, 0.3) is 0 Å². The molecular formula is C12H15N. The van der Waals surface area contributed by atoms with Gasteiger partial charge in [-0.05, 0) is 31.4 Å². The monoisotopic (exact) mass is 173 g/mol. The van der Waals surface area contributed by atoms with Crippen LogP contribution >= 0.6 is 0 Å². The Morgan fingerprint density at radius 2 is 2.31 bits per heavy atom. The van der Waals surface area contributed by atoms with E-state index in [1.54, 1.807) is 0 Å². The van der Waals surface area contributed by atoms with Crippen molar-refractivity contribution in [2.24, 2.45) is 0 Å². The van der Waals surface area contributed by atoms with E-state index in [0.717, 1.165) is 12.8 Å². The molecule has 0 amide bonds. The summed E-state index contributed by atoms with van der Waals surface area (Å²) in [4.78, 5) is 0. The maximum absolute atomic E-state index is 3.79. The Hall–Kier alpha value is -1.24. The molecular weight excluding hydrogens is 158 g/mol. The smallest absolute Gasteiger partial charge is 0.0421 e. The Bertz CT molecular complexity index is 303. The second kappa shape index (κ2) is 2.91. The summed E-state index contributed by atoms with van der Waals surface area (Å²) in [5.41, 5.74) is 2.89. The number of hydrogen-bond donors (Lipinski definition) is 1. The van der Waals surface area contributed by atoms with Crippen LogP contribution in [0, 0.1) is 0 Å². The number of anilines is 1. The van der Waals surface area contributed by atoms with E-state index in [0.29, 0.717) is 0 Å². The zero-order valence-electron chi connectivity index (χ0n) is 8.01. The van der Waals surface area contributed by atoms with Crippen LogP contribution in [0.25, 0.3) is 0 Å². The highest BCUT2D eigenvalue weighted by Gasteiger charge is 2.30. The minimum Gasteiger partial charge on any atom is -0.379 e. The number of nitrogens with one attached hydrogen (secondary N) is 1. The van der Waals surface area contributed by atoms with Crippen molar-refractivity contribution in [1.29, 1.82) is 0 Å². The molecule has 0 saturated heterocycles. The first kappa shape index (κ1) is 8.36. The molecule has 0 saturated carbocycles. The number of hydrogen-bond acceptors (Lipinski definition) is 1. The topological polar surface area (TPSA) is 12.0 Å². The quantitative estimate of drug-likeness (QED) is 0.678. The Labute approximate surface area is 79.5 Å². The molecule has 0 unspecified atom stereocenters. The highest BCUT2D eigenvalue weighted by molar-refractivity contribution is 5.58. The second-order valence-electron chi connectivity index (χ2n) is 4.01. The van der Waals surface area contributed by atoms with E-state index in [1.165, 1.54) is 11.3 Å². The lowest BCUT2D eigenvalue weighted by Crippen LogP contribution is -2.31. The molecule has 13 heavy (non-hydrogen) atoms. The predicted octanol–water partition coefficient (Wildman–Crippen LogP) is 2.99. The fourth-order valence-electron chi connectivity index (χ4n) is 2.03. The Morgan fingerprint density at radius 1 is 1.54 bits per heavy atom. The second-order valence-corrected chi connectivity index (χ2v) is 4.01. The van der Waals surface area contributed by atoms with Crippen molar-refractivity contribution >= 4 is 5.69 Å². The molecule has 1 aliphatic rings. The minimum absolute atomic E-state index is 0.186. The molecule has 1 aromatic carbocycles. The van der Waals surface area contributed by atoms with Crippen LogP contribution in [0.5, 0.6) is 0 Å². The van der Waals surface area contributed by atoms with Gasteiger partial charge in [0.15, 0.2) is 0 Å². The summed E-state index contributed by atoms with van der Waals surface area (Å²) < 4.78 is 0. The zero-order chi connectivity index (χ0) is 9.31. The largest absolute Gasteiger partial charge is 0.379 e. The van der Waals surface area contributed by atoms with E-state index in [1.807, 2.05) is 6.08 Å². The molecule has 1 N–H and O–H groups in total. The van der Waals surface area contributed by atoms with Gasteiger partial charge in [-0.3, -0.25) is 0 Å². The SMILES string of the molecule is C=CC[C@]1(C)Cc2ccccc2N1. The summed E-state index contributed by atoms with van der Waals surface area (Å²) in [6, 6.07) is 8.51. The molecule has 0 bridgehead atoms. The highest BCUT2D eigenvalue weighted by atomic mass is 15.0. The Kier molecular flexibility index (Phi) is 1.87. The number of fused-ring (bicyclic) bond motifs is 1. The van der Waals surface area contributed by atoms with E-state index >= 15 is 0 Å². The van der Waals surface area contributed by atoms with Crippen LogP contribution in [0.15, 0.2) is 36.9 Å². The average molecular weight is 173 g/mol. The van der Waals surface area contributed by atoms with Gasteiger partial charge in [-0.25, -0.2) is 0 Å². The number of rotatable bonds is 2. The summed E-state index contributed by atoms with van der Waals surface area (Å²) in [7, 11) is 0. The molecule has 0 radical (unpaired) electrons. The third-order valence-electron chi connectivity index (χ3n) is 2.63. The van der Waals surface area contributed by atoms with Gasteiger partial charge < -0.3 is 5.32 Å². The van der Waals surface area contributed by atoms with Crippen molar-refractivity contribution in [3.05, 3.63) is 42.5 Å². The summed E-state index contributed by atoms with van der Waals surface area (Å²) in [6.45, 7) is 6.04. The molecule has 0 spiro atoms. The van der Waals surface area contributed by atoms with Crippen LogP contribution in [0.2, 0.25) is 0 Å². The Morgan fingerprint density at radius 3 is 3.00 bits per heavy atom. The molecule has 0 aromatic heterocycles. The summed E-state index contributed by atoms with van der Waals surface area (Å²) in [5.74, 6) is 0. The van der Waals surface area contributed by atoms with E-state index in [2.05, 4.69) is 43.1 Å². The van der Waals surface area contributed by atoms with Crippen molar-refractivity contribution < 1.29 is 0 Å². The van der Waals surface area contributed by atoms with E-state index in [-0.39, 0.29) is 5.54 Å². The third-order valence-corrected chi connectivity index (χ3v) is 2.63.